The lowest BCUT2D eigenvalue weighted by Gasteiger charge is -2.07. The third-order valence-corrected chi connectivity index (χ3v) is 4.67. The third-order valence-electron chi connectivity index (χ3n) is 3.04. The molecule has 0 aliphatic heterocycles. The maximum absolute atomic E-state index is 12.1. The summed E-state index contributed by atoms with van der Waals surface area (Å²) in [7, 11) is -3.62. The summed E-state index contributed by atoms with van der Waals surface area (Å²) >= 11 is 0. The van der Waals surface area contributed by atoms with Crippen molar-refractivity contribution in [1.82, 2.24) is 0 Å². The molecule has 0 saturated heterocycles. The average molecular weight is 303 g/mol. The summed E-state index contributed by atoms with van der Waals surface area (Å²) in [5, 5.41) is 2.59. The van der Waals surface area contributed by atoms with E-state index in [4.69, 9.17) is 0 Å². The standard InChI is InChI=1S/C16H17NO3S/c1-12-3-7-14(8-4-12)17-16(18)11-21(19,20)15-9-5-13(2)6-10-15/h3-10H,11H2,1-2H3,(H,17,18). The van der Waals surface area contributed by atoms with E-state index in [1.54, 1.807) is 24.3 Å². The highest BCUT2D eigenvalue weighted by Gasteiger charge is 2.19. The normalized spacial score (nSPS) is 11.1. The number of aryl methyl sites for hydroxylation is 2. The summed E-state index contributed by atoms with van der Waals surface area (Å²) in [5.74, 6) is -1.11. The second-order valence-electron chi connectivity index (χ2n) is 4.99. The average Bonchev–Trinajstić information content (AvgIpc) is 2.41. The quantitative estimate of drug-likeness (QED) is 0.944. The van der Waals surface area contributed by atoms with Gasteiger partial charge in [0.1, 0.15) is 5.75 Å². The highest BCUT2D eigenvalue weighted by atomic mass is 32.2. The number of hydrogen-bond acceptors (Lipinski definition) is 3. The Hall–Kier alpha value is -2.14. The Morgan fingerprint density at radius 2 is 1.38 bits per heavy atom. The van der Waals surface area contributed by atoms with Crippen LogP contribution in [0.15, 0.2) is 53.4 Å². The molecule has 0 fully saturated rings. The van der Waals surface area contributed by atoms with Crippen molar-refractivity contribution in [2.75, 3.05) is 11.1 Å². The van der Waals surface area contributed by atoms with E-state index in [-0.39, 0.29) is 4.90 Å². The van der Waals surface area contributed by atoms with Crippen molar-refractivity contribution < 1.29 is 13.2 Å². The smallest absolute Gasteiger partial charge is 0.239 e. The van der Waals surface area contributed by atoms with E-state index in [2.05, 4.69) is 5.32 Å². The lowest BCUT2D eigenvalue weighted by molar-refractivity contribution is -0.113. The Bertz CT molecular complexity index is 732. The molecular formula is C16H17NO3S. The molecule has 0 aromatic heterocycles. The fraction of sp³-hybridized carbons (Fsp3) is 0.188. The zero-order valence-electron chi connectivity index (χ0n) is 12.0. The molecule has 0 bridgehead atoms. The van der Waals surface area contributed by atoms with Gasteiger partial charge in [-0.05, 0) is 38.1 Å². The van der Waals surface area contributed by atoms with Gasteiger partial charge in [0.25, 0.3) is 0 Å². The Labute approximate surface area is 124 Å². The molecule has 0 heterocycles. The minimum Gasteiger partial charge on any atom is -0.325 e. The van der Waals surface area contributed by atoms with Crippen LogP contribution in [0.3, 0.4) is 0 Å². The van der Waals surface area contributed by atoms with Crippen LogP contribution in [-0.4, -0.2) is 20.1 Å². The van der Waals surface area contributed by atoms with Gasteiger partial charge in [-0.2, -0.15) is 0 Å². The van der Waals surface area contributed by atoms with E-state index >= 15 is 0 Å². The predicted molar refractivity (Wildman–Crippen MR) is 83.0 cm³/mol. The Morgan fingerprint density at radius 1 is 0.905 bits per heavy atom. The van der Waals surface area contributed by atoms with Crippen LogP contribution < -0.4 is 5.32 Å². The van der Waals surface area contributed by atoms with Crippen LogP contribution in [0.2, 0.25) is 0 Å². The van der Waals surface area contributed by atoms with E-state index in [1.807, 2.05) is 26.0 Å². The Kier molecular flexibility index (Phi) is 4.43. The molecule has 2 rings (SSSR count). The fourth-order valence-corrected chi connectivity index (χ4v) is 2.97. The molecule has 1 amide bonds. The zero-order chi connectivity index (χ0) is 15.5. The number of benzene rings is 2. The highest BCUT2D eigenvalue weighted by molar-refractivity contribution is 7.92. The molecule has 4 nitrogen and oxygen atoms in total. The van der Waals surface area contributed by atoms with E-state index in [0.717, 1.165) is 11.1 Å². The Balaban J connectivity index is 2.07. The summed E-state index contributed by atoms with van der Waals surface area (Å²) in [5.41, 5.74) is 2.63. The minimum absolute atomic E-state index is 0.159. The van der Waals surface area contributed by atoms with Crippen LogP contribution in [-0.2, 0) is 14.6 Å². The summed E-state index contributed by atoms with van der Waals surface area (Å²) < 4.78 is 24.3. The lowest BCUT2D eigenvalue weighted by atomic mass is 10.2. The first-order valence-corrected chi connectivity index (χ1v) is 8.18. The van der Waals surface area contributed by atoms with Crippen molar-refractivity contribution in [2.24, 2.45) is 0 Å². The van der Waals surface area contributed by atoms with Crippen molar-refractivity contribution >= 4 is 21.4 Å². The van der Waals surface area contributed by atoms with Gasteiger partial charge >= 0.3 is 0 Å². The van der Waals surface area contributed by atoms with Gasteiger partial charge in [0.2, 0.25) is 5.91 Å². The topological polar surface area (TPSA) is 63.2 Å². The number of rotatable bonds is 4. The fourth-order valence-electron chi connectivity index (χ4n) is 1.84. The summed E-state index contributed by atoms with van der Waals surface area (Å²) in [6.07, 6.45) is 0. The molecule has 0 atom stereocenters. The van der Waals surface area contributed by atoms with Gasteiger partial charge in [-0.3, -0.25) is 4.79 Å². The second-order valence-corrected chi connectivity index (χ2v) is 6.98. The van der Waals surface area contributed by atoms with Crippen LogP contribution in [0.4, 0.5) is 5.69 Å². The van der Waals surface area contributed by atoms with Gasteiger partial charge in [-0.15, -0.1) is 0 Å². The molecule has 5 heteroatoms. The maximum Gasteiger partial charge on any atom is 0.239 e. The molecule has 0 spiro atoms. The molecule has 0 saturated carbocycles. The predicted octanol–water partition coefficient (Wildman–Crippen LogP) is 2.72. The first-order valence-electron chi connectivity index (χ1n) is 6.53. The van der Waals surface area contributed by atoms with Gasteiger partial charge in [-0.1, -0.05) is 35.4 Å². The van der Waals surface area contributed by atoms with Crippen LogP contribution in [0, 0.1) is 13.8 Å². The molecule has 0 radical (unpaired) electrons. The highest BCUT2D eigenvalue weighted by Crippen LogP contribution is 2.13. The van der Waals surface area contributed by atoms with E-state index < -0.39 is 21.5 Å². The number of amides is 1. The van der Waals surface area contributed by atoms with Crippen molar-refractivity contribution in [3.05, 3.63) is 59.7 Å². The molecule has 21 heavy (non-hydrogen) atoms. The van der Waals surface area contributed by atoms with E-state index in [0.29, 0.717) is 5.69 Å². The monoisotopic (exact) mass is 303 g/mol. The van der Waals surface area contributed by atoms with Gasteiger partial charge in [0.15, 0.2) is 9.84 Å². The molecule has 110 valence electrons. The van der Waals surface area contributed by atoms with Crippen LogP contribution in [0.25, 0.3) is 0 Å². The first kappa shape index (κ1) is 15.3. The summed E-state index contributed by atoms with van der Waals surface area (Å²) in [6.45, 7) is 3.81. The molecular weight excluding hydrogens is 286 g/mol. The summed E-state index contributed by atoms with van der Waals surface area (Å²) in [4.78, 5) is 12.0. The van der Waals surface area contributed by atoms with Crippen molar-refractivity contribution in [2.45, 2.75) is 18.7 Å². The molecule has 2 aromatic carbocycles. The number of sulfone groups is 1. The lowest BCUT2D eigenvalue weighted by Crippen LogP contribution is -2.23. The van der Waals surface area contributed by atoms with Crippen molar-refractivity contribution in [3.63, 3.8) is 0 Å². The zero-order valence-corrected chi connectivity index (χ0v) is 12.8. The van der Waals surface area contributed by atoms with Crippen LogP contribution in [0.1, 0.15) is 11.1 Å². The summed E-state index contributed by atoms with van der Waals surface area (Å²) in [6, 6.07) is 13.6. The number of carbonyl (C=O) groups excluding carboxylic acids is 1. The SMILES string of the molecule is Cc1ccc(NC(=O)CS(=O)(=O)c2ccc(C)cc2)cc1. The van der Waals surface area contributed by atoms with Gasteiger partial charge < -0.3 is 5.32 Å². The third kappa shape index (κ3) is 4.16. The van der Waals surface area contributed by atoms with E-state index in [1.165, 1.54) is 12.1 Å². The minimum atomic E-state index is -3.62. The largest absolute Gasteiger partial charge is 0.325 e. The molecule has 0 aliphatic carbocycles. The number of carbonyl (C=O) groups is 1. The van der Waals surface area contributed by atoms with E-state index in [9.17, 15) is 13.2 Å². The Morgan fingerprint density at radius 3 is 1.90 bits per heavy atom. The first-order chi connectivity index (χ1) is 9.87. The number of hydrogen-bond donors (Lipinski definition) is 1. The molecule has 1 N–H and O–H groups in total. The van der Waals surface area contributed by atoms with Gasteiger partial charge in [-0.25, -0.2) is 8.42 Å². The van der Waals surface area contributed by atoms with Crippen molar-refractivity contribution in [3.8, 4) is 0 Å². The molecule has 0 unspecified atom stereocenters. The van der Waals surface area contributed by atoms with Crippen LogP contribution >= 0.6 is 0 Å². The number of anilines is 1. The van der Waals surface area contributed by atoms with Gasteiger partial charge in [0.05, 0.1) is 4.90 Å². The van der Waals surface area contributed by atoms with Gasteiger partial charge in [0, 0.05) is 5.69 Å². The molecule has 0 aliphatic rings. The maximum atomic E-state index is 12.1. The second kappa shape index (κ2) is 6.10. The molecule has 2 aromatic rings. The van der Waals surface area contributed by atoms with Crippen molar-refractivity contribution in [1.29, 1.82) is 0 Å². The number of nitrogens with one attached hydrogen (secondary N) is 1. The van der Waals surface area contributed by atoms with Crippen LogP contribution in [0.5, 0.6) is 0 Å².